The molecule has 0 spiro atoms. The van der Waals surface area contributed by atoms with Gasteiger partial charge in [0.1, 0.15) is 0 Å². The van der Waals surface area contributed by atoms with E-state index in [4.69, 9.17) is 4.74 Å². The number of aliphatic hydroxyl groups excluding tert-OH is 1. The van der Waals surface area contributed by atoms with Crippen LogP contribution in [0.5, 0.6) is 0 Å². The molecule has 19 heavy (non-hydrogen) atoms. The number of halogens is 1. The number of carbonyl (C=O) groups is 1. The number of aromatic amines is 1. The van der Waals surface area contributed by atoms with Gasteiger partial charge >= 0.3 is 0 Å². The van der Waals surface area contributed by atoms with Gasteiger partial charge < -0.3 is 14.7 Å². The van der Waals surface area contributed by atoms with Crippen LogP contribution in [0, 0.1) is 0 Å². The zero-order valence-electron chi connectivity index (χ0n) is 11.0. The summed E-state index contributed by atoms with van der Waals surface area (Å²) in [7, 11) is 1.62. The highest BCUT2D eigenvalue weighted by atomic mass is 79.9. The van der Waals surface area contributed by atoms with Crippen LogP contribution in [-0.2, 0) is 11.2 Å². The van der Waals surface area contributed by atoms with Gasteiger partial charge in [0.05, 0.1) is 23.2 Å². The molecule has 1 aromatic rings. The topological polar surface area (TPSA) is 78.5 Å². The first-order chi connectivity index (χ1) is 9.12. The Balaban J connectivity index is 2.20. The molecule has 6 nitrogen and oxygen atoms in total. The summed E-state index contributed by atoms with van der Waals surface area (Å²) in [4.78, 5) is 14.1. The third-order valence-electron chi connectivity index (χ3n) is 3.51. The monoisotopic (exact) mass is 331 g/mol. The fourth-order valence-corrected chi connectivity index (χ4v) is 2.97. The molecule has 0 saturated carbocycles. The van der Waals surface area contributed by atoms with Crippen LogP contribution in [0.4, 0.5) is 0 Å². The lowest BCUT2D eigenvalue weighted by atomic mass is 10.2. The van der Waals surface area contributed by atoms with Gasteiger partial charge in [0.15, 0.2) is 5.69 Å². The maximum Gasteiger partial charge on any atom is 0.275 e. The van der Waals surface area contributed by atoms with Crippen molar-refractivity contribution in [3.63, 3.8) is 0 Å². The van der Waals surface area contributed by atoms with Gasteiger partial charge in [-0.25, -0.2) is 0 Å². The molecule has 0 radical (unpaired) electrons. The number of rotatable bonds is 4. The van der Waals surface area contributed by atoms with E-state index in [2.05, 4.69) is 26.1 Å². The first kappa shape index (κ1) is 14.5. The van der Waals surface area contributed by atoms with Crippen molar-refractivity contribution < 1.29 is 14.6 Å². The average Bonchev–Trinajstić information content (AvgIpc) is 3.01. The van der Waals surface area contributed by atoms with Gasteiger partial charge in [-0.05, 0) is 28.8 Å². The fourth-order valence-electron chi connectivity index (χ4n) is 2.34. The number of amides is 1. The molecule has 106 valence electrons. The Kier molecular flexibility index (Phi) is 4.59. The molecule has 1 amide bonds. The van der Waals surface area contributed by atoms with Crippen molar-refractivity contribution in [1.82, 2.24) is 15.1 Å². The van der Waals surface area contributed by atoms with Crippen molar-refractivity contribution in [3.05, 3.63) is 15.9 Å². The smallest absolute Gasteiger partial charge is 0.275 e. The Morgan fingerprint density at radius 3 is 2.95 bits per heavy atom. The number of ether oxygens (including phenoxy) is 1. The van der Waals surface area contributed by atoms with E-state index in [9.17, 15) is 9.90 Å². The van der Waals surface area contributed by atoms with Crippen LogP contribution in [0.2, 0.25) is 0 Å². The van der Waals surface area contributed by atoms with Crippen LogP contribution < -0.4 is 0 Å². The number of hydrogen-bond donors (Lipinski definition) is 2. The van der Waals surface area contributed by atoms with Crippen LogP contribution in [0.25, 0.3) is 0 Å². The number of nitrogens with zero attached hydrogens (tertiary/aromatic N) is 2. The molecule has 1 fully saturated rings. The van der Waals surface area contributed by atoms with Gasteiger partial charge in [-0.15, -0.1) is 0 Å². The minimum Gasteiger partial charge on any atom is -0.394 e. The molecule has 1 saturated heterocycles. The number of methoxy groups -OCH3 is 1. The summed E-state index contributed by atoms with van der Waals surface area (Å²) in [6.45, 7) is 2.41. The van der Waals surface area contributed by atoms with Crippen molar-refractivity contribution >= 4 is 21.8 Å². The largest absolute Gasteiger partial charge is 0.394 e. The molecule has 0 aliphatic carbocycles. The Labute approximate surface area is 120 Å². The van der Waals surface area contributed by atoms with E-state index in [1.807, 2.05) is 6.92 Å². The summed E-state index contributed by atoms with van der Waals surface area (Å²) in [5, 5.41) is 16.3. The van der Waals surface area contributed by atoms with Crippen LogP contribution in [0.15, 0.2) is 4.47 Å². The van der Waals surface area contributed by atoms with E-state index in [-0.39, 0.29) is 24.7 Å². The highest BCUT2D eigenvalue weighted by Gasteiger charge is 2.37. The molecule has 0 bridgehead atoms. The number of likely N-dealkylation sites (tertiary alicyclic amines) is 1. The summed E-state index contributed by atoms with van der Waals surface area (Å²) in [5.74, 6) is -0.179. The molecule has 2 heterocycles. The first-order valence-electron chi connectivity index (χ1n) is 6.29. The highest BCUT2D eigenvalue weighted by molar-refractivity contribution is 9.10. The van der Waals surface area contributed by atoms with E-state index in [1.54, 1.807) is 12.0 Å². The molecule has 2 rings (SSSR count). The van der Waals surface area contributed by atoms with E-state index >= 15 is 0 Å². The molecule has 1 aliphatic heterocycles. The minimum absolute atomic E-state index is 0.0236. The Hall–Kier alpha value is -0.920. The van der Waals surface area contributed by atoms with Gasteiger partial charge in [0.25, 0.3) is 5.91 Å². The Morgan fingerprint density at radius 1 is 1.68 bits per heavy atom. The molecule has 0 unspecified atom stereocenters. The quantitative estimate of drug-likeness (QED) is 0.861. The second-order valence-electron chi connectivity index (χ2n) is 4.61. The molecule has 2 atom stereocenters. The van der Waals surface area contributed by atoms with E-state index in [1.165, 1.54) is 0 Å². The molecular formula is C12H18BrN3O3. The van der Waals surface area contributed by atoms with Crippen molar-refractivity contribution in [3.8, 4) is 0 Å². The van der Waals surface area contributed by atoms with Crippen molar-refractivity contribution in [2.24, 2.45) is 0 Å². The summed E-state index contributed by atoms with van der Waals surface area (Å²) in [6, 6.07) is -0.203. The number of nitrogens with one attached hydrogen (secondary N) is 1. The van der Waals surface area contributed by atoms with E-state index < -0.39 is 0 Å². The van der Waals surface area contributed by atoms with Gasteiger partial charge in [-0.1, -0.05) is 6.92 Å². The van der Waals surface area contributed by atoms with Crippen molar-refractivity contribution in [2.45, 2.75) is 31.9 Å². The van der Waals surface area contributed by atoms with E-state index in [0.29, 0.717) is 23.1 Å². The first-order valence-corrected chi connectivity index (χ1v) is 7.09. The standard InChI is InChI=1S/C12H18BrN3O3/c1-3-9-10(13)11(15-14-9)12(18)16-5-8(19-2)4-7(16)6-17/h7-8,17H,3-6H2,1-2H3,(H,14,15)/t7-,8+/m0/s1. The van der Waals surface area contributed by atoms with Crippen molar-refractivity contribution in [1.29, 1.82) is 0 Å². The van der Waals surface area contributed by atoms with Crippen LogP contribution in [0.1, 0.15) is 29.5 Å². The van der Waals surface area contributed by atoms with Crippen molar-refractivity contribution in [2.75, 3.05) is 20.3 Å². The predicted molar refractivity (Wildman–Crippen MR) is 73.0 cm³/mol. The highest BCUT2D eigenvalue weighted by Crippen LogP contribution is 2.26. The normalized spacial score (nSPS) is 23.1. The number of aromatic nitrogens is 2. The SMILES string of the molecule is CCc1[nH]nc(C(=O)N2C[C@H](OC)C[C@H]2CO)c1Br. The summed E-state index contributed by atoms with van der Waals surface area (Å²) < 4.78 is 5.98. The predicted octanol–water partition coefficient (Wildman–Crippen LogP) is 0.956. The molecule has 1 aliphatic rings. The maximum absolute atomic E-state index is 12.5. The number of carbonyl (C=O) groups excluding carboxylic acids is 1. The lowest BCUT2D eigenvalue weighted by molar-refractivity contribution is 0.0641. The van der Waals surface area contributed by atoms with Gasteiger partial charge in [0, 0.05) is 19.3 Å². The number of aliphatic hydroxyl groups is 1. The summed E-state index contributed by atoms with van der Waals surface area (Å²) >= 11 is 3.40. The lowest BCUT2D eigenvalue weighted by Gasteiger charge is -2.21. The second kappa shape index (κ2) is 6.02. The molecule has 2 N–H and O–H groups in total. The van der Waals surface area contributed by atoms with Gasteiger partial charge in [-0.2, -0.15) is 5.10 Å². The lowest BCUT2D eigenvalue weighted by Crippen LogP contribution is -2.38. The second-order valence-corrected chi connectivity index (χ2v) is 5.40. The average molecular weight is 332 g/mol. The number of H-pyrrole nitrogens is 1. The fraction of sp³-hybridized carbons (Fsp3) is 0.667. The summed E-state index contributed by atoms with van der Waals surface area (Å²) in [5.41, 5.74) is 1.26. The molecule has 1 aromatic heterocycles. The van der Waals surface area contributed by atoms with E-state index in [0.717, 1.165) is 12.1 Å². The summed E-state index contributed by atoms with van der Waals surface area (Å²) in [6.07, 6.45) is 1.40. The Bertz CT molecular complexity index is 463. The van der Waals surface area contributed by atoms with Gasteiger partial charge in [0.2, 0.25) is 0 Å². The third kappa shape index (κ3) is 2.68. The maximum atomic E-state index is 12.5. The molecular weight excluding hydrogens is 314 g/mol. The zero-order chi connectivity index (χ0) is 14.0. The zero-order valence-corrected chi connectivity index (χ0v) is 12.6. The van der Waals surface area contributed by atoms with Gasteiger partial charge in [-0.3, -0.25) is 9.89 Å². The molecule has 0 aromatic carbocycles. The van der Waals surface area contributed by atoms with Crippen LogP contribution in [0.3, 0.4) is 0 Å². The number of hydrogen-bond acceptors (Lipinski definition) is 4. The molecule has 7 heteroatoms. The van der Waals surface area contributed by atoms with Crippen LogP contribution in [-0.4, -0.2) is 58.5 Å². The third-order valence-corrected chi connectivity index (χ3v) is 4.37. The minimum atomic E-state index is -0.203. The Morgan fingerprint density at radius 2 is 2.42 bits per heavy atom. The van der Waals surface area contributed by atoms with Crippen LogP contribution >= 0.6 is 15.9 Å². The number of aryl methyl sites for hydroxylation is 1.